The Morgan fingerprint density at radius 3 is 2.35 bits per heavy atom. The molecule has 5 nitrogen and oxygen atoms in total. The number of aliphatic carboxylic acids is 1. The molecular weight excluding hydrogens is 292 g/mol. The first-order valence-electron chi connectivity index (χ1n) is 7.99. The van der Waals surface area contributed by atoms with Crippen LogP contribution in [0.4, 0.5) is 5.69 Å². The van der Waals surface area contributed by atoms with Gasteiger partial charge in [-0.15, -0.1) is 0 Å². The van der Waals surface area contributed by atoms with Crippen molar-refractivity contribution in [2.45, 2.75) is 40.7 Å². The van der Waals surface area contributed by atoms with Crippen LogP contribution in [-0.2, 0) is 4.79 Å². The minimum absolute atomic E-state index is 0.156. The van der Waals surface area contributed by atoms with Crippen LogP contribution < -0.4 is 5.32 Å². The van der Waals surface area contributed by atoms with E-state index in [9.17, 15) is 9.59 Å². The fourth-order valence-corrected chi connectivity index (χ4v) is 2.21. The fraction of sp³-hybridized carbons (Fsp3) is 0.556. The lowest BCUT2D eigenvalue weighted by atomic mass is 10.0. The molecule has 0 heterocycles. The maximum absolute atomic E-state index is 12.6. The molecule has 0 radical (unpaired) electrons. The van der Waals surface area contributed by atoms with Gasteiger partial charge in [0.1, 0.15) is 0 Å². The van der Waals surface area contributed by atoms with Gasteiger partial charge in [-0.05, 0) is 37.5 Å². The molecule has 0 aliphatic heterocycles. The predicted molar refractivity (Wildman–Crippen MR) is 92.9 cm³/mol. The van der Waals surface area contributed by atoms with Crippen molar-refractivity contribution < 1.29 is 14.7 Å². The summed E-state index contributed by atoms with van der Waals surface area (Å²) in [5.74, 6) is -1.17. The van der Waals surface area contributed by atoms with E-state index in [0.29, 0.717) is 17.5 Å². The summed E-state index contributed by atoms with van der Waals surface area (Å²) in [6.45, 7) is 10.1. The lowest BCUT2D eigenvalue weighted by Gasteiger charge is -2.23. The number of hydrogen-bond acceptors (Lipinski definition) is 3. The zero-order chi connectivity index (χ0) is 17.7. The molecular formula is C18H28N2O3. The SMILES string of the molecule is Cc1c(NC(C)C(C)C)cccc1C(=O)N(C)CC(C)C(=O)O. The number of nitrogens with zero attached hydrogens (tertiary/aromatic N) is 1. The summed E-state index contributed by atoms with van der Waals surface area (Å²) in [6, 6.07) is 5.89. The van der Waals surface area contributed by atoms with E-state index >= 15 is 0 Å². The van der Waals surface area contributed by atoms with Crippen LogP contribution in [0.5, 0.6) is 0 Å². The summed E-state index contributed by atoms with van der Waals surface area (Å²) < 4.78 is 0. The van der Waals surface area contributed by atoms with Gasteiger partial charge in [-0.2, -0.15) is 0 Å². The molecule has 1 amide bonds. The summed E-state index contributed by atoms with van der Waals surface area (Å²) in [6.07, 6.45) is 0. The zero-order valence-electron chi connectivity index (χ0n) is 14.9. The number of carbonyl (C=O) groups excluding carboxylic acids is 1. The Balaban J connectivity index is 2.95. The number of benzene rings is 1. The number of carboxylic acids is 1. The van der Waals surface area contributed by atoms with Gasteiger partial charge in [0.25, 0.3) is 5.91 Å². The topological polar surface area (TPSA) is 69.6 Å². The number of nitrogens with one attached hydrogen (secondary N) is 1. The lowest BCUT2D eigenvalue weighted by Crippen LogP contribution is -2.34. The van der Waals surface area contributed by atoms with Crippen LogP contribution in [0.25, 0.3) is 0 Å². The Morgan fingerprint density at radius 2 is 1.83 bits per heavy atom. The Morgan fingerprint density at radius 1 is 1.22 bits per heavy atom. The summed E-state index contributed by atoms with van der Waals surface area (Å²) in [5.41, 5.74) is 2.43. The Labute approximate surface area is 138 Å². The van der Waals surface area contributed by atoms with Gasteiger partial charge in [-0.1, -0.05) is 26.8 Å². The quantitative estimate of drug-likeness (QED) is 0.809. The Hall–Kier alpha value is -2.04. The number of rotatable bonds is 7. The number of hydrogen-bond donors (Lipinski definition) is 2. The van der Waals surface area contributed by atoms with Gasteiger partial charge in [0.2, 0.25) is 0 Å². The summed E-state index contributed by atoms with van der Waals surface area (Å²) in [7, 11) is 1.64. The van der Waals surface area contributed by atoms with Crippen LogP contribution in [0.3, 0.4) is 0 Å². The smallest absolute Gasteiger partial charge is 0.308 e. The molecule has 0 aliphatic rings. The number of amides is 1. The van der Waals surface area contributed by atoms with E-state index in [1.807, 2.05) is 19.1 Å². The normalized spacial score (nSPS) is 13.5. The van der Waals surface area contributed by atoms with Crippen molar-refractivity contribution in [1.29, 1.82) is 0 Å². The van der Waals surface area contributed by atoms with Gasteiger partial charge in [0.15, 0.2) is 0 Å². The van der Waals surface area contributed by atoms with Gasteiger partial charge in [-0.25, -0.2) is 0 Å². The molecule has 2 unspecified atom stereocenters. The molecule has 23 heavy (non-hydrogen) atoms. The first-order valence-corrected chi connectivity index (χ1v) is 7.99. The molecule has 0 saturated carbocycles. The first kappa shape index (κ1) is 19.0. The van der Waals surface area contributed by atoms with Crippen LogP contribution >= 0.6 is 0 Å². The first-order chi connectivity index (χ1) is 10.6. The summed E-state index contributed by atoms with van der Waals surface area (Å²) in [5, 5.41) is 12.4. The minimum atomic E-state index is -0.900. The summed E-state index contributed by atoms with van der Waals surface area (Å²) in [4.78, 5) is 25.0. The van der Waals surface area contributed by atoms with E-state index in [4.69, 9.17) is 5.11 Å². The average Bonchev–Trinajstić information content (AvgIpc) is 2.48. The minimum Gasteiger partial charge on any atom is -0.481 e. The zero-order valence-corrected chi connectivity index (χ0v) is 14.9. The fourth-order valence-electron chi connectivity index (χ4n) is 2.21. The lowest BCUT2D eigenvalue weighted by molar-refractivity contribution is -0.141. The van der Waals surface area contributed by atoms with Crippen molar-refractivity contribution in [3.63, 3.8) is 0 Å². The third kappa shape index (κ3) is 4.98. The van der Waals surface area contributed by atoms with Gasteiger partial charge >= 0.3 is 5.97 Å². The molecule has 0 saturated heterocycles. The maximum atomic E-state index is 12.6. The highest BCUT2D eigenvalue weighted by Crippen LogP contribution is 2.22. The van der Waals surface area contributed by atoms with Crippen molar-refractivity contribution in [3.05, 3.63) is 29.3 Å². The van der Waals surface area contributed by atoms with Crippen molar-refractivity contribution in [2.24, 2.45) is 11.8 Å². The molecule has 1 rings (SSSR count). The van der Waals surface area contributed by atoms with Crippen molar-refractivity contribution in [1.82, 2.24) is 4.90 Å². The average molecular weight is 320 g/mol. The second-order valence-electron chi connectivity index (χ2n) is 6.58. The van der Waals surface area contributed by atoms with Gasteiger partial charge < -0.3 is 15.3 Å². The van der Waals surface area contributed by atoms with Gasteiger partial charge in [0, 0.05) is 30.9 Å². The van der Waals surface area contributed by atoms with Crippen LogP contribution in [0, 0.1) is 18.8 Å². The second-order valence-corrected chi connectivity index (χ2v) is 6.58. The van der Waals surface area contributed by atoms with Crippen LogP contribution in [-0.4, -0.2) is 41.5 Å². The molecule has 0 bridgehead atoms. The van der Waals surface area contributed by atoms with E-state index in [-0.39, 0.29) is 12.5 Å². The molecule has 0 aromatic heterocycles. The number of carboxylic acid groups (broad SMARTS) is 1. The largest absolute Gasteiger partial charge is 0.481 e. The highest BCUT2D eigenvalue weighted by Gasteiger charge is 2.21. The Bertz CT molecular complexity index is 569. The highest BCUT2D eigenvalue weighted by atomic mass is 16.4. The van der Waals surface area contributed by atoms with E-state index < -0.39 is 11.9 Å². The molecule has 1 aromatic rings. The van der Waals surface area contributed by atoms with E-state index in [1.54, 1.807) is 20.0 Å². The Kier molecular flexibility index (Phi) is 6.61. The molecule has 0 spiro atoms. The predicted octanol–water partition coefficient (Wildman–Crippen LogP) is 3.24. The molecule has 2 atom stereocenters. The molecule has 128 valence electrons. The van der Waals surface area contributed by atoms with Crippen LogP contribution in [0.15, 0.2) is 18.2 Å². The second kappa shape index (κ2) is 7.99. The molecule has 5 heteroatoms. The molecule has 0 fully saturated rings. The maximum Gasteiger partial charge on any atom is 0.308 e. The standard InChI is InChI=1S/C18H28N2O3/c1-11(2)14(5)19-16-9-7-8-15(13(16)4)17(21)20(6)10-12(3)18(22)23/h7-9,11-12,14,19H,10H2,1-6H3,(H,22,23). The van der Waals surface area contributed by atoms with Crippen LogP contribution in [0.2, 0.25) is 0 Å². The highest BCUT2D eigenvalue weighted by molar-refractivity contribution is 5.97. The summed E-state index contributed by atoms with van der Waals surface area (Å²) >= 11 is 0. The molecule has 2 N–H and O–H groups in total. The van der Waals surface area contributed by atoms with Gasteiger partial charge in [0.05, 0.1) is 5.92 Å². The van der Waals surface area contributed by atoms with Crippen molar-refractivity contribution in [3.8, 4) is 0 Å². The van der Waals surface area contributed by atoms with Gasteiger partial charge in [-0.3, -0.25) is 9.59 Å². The van der Waals surface area contributed by atoms with E-state index in [0.717, 1.165) is 11.3 Å². The number of anilines is 1. The molecule has 0 aliphatic carbocycles. The van der Waals surface area contributed by atoms with Crippen LogP contribution in [0.1, 0.15) is 43.6 Å². The monoisotopic (exact) mass is 320 g/mol. The van der Waals surface area contributed by atoms with E-state index in [1.165, 1.54) is 4.90 Å². The third-order valence-electron chi connectivity index (χ3n) is 4.26. The van der Waals surface area contributed by atoms with E-state index in [2.05, 4.69) is 26.1 Å². The number of carbonyl (C=O) groups is 2. The van der Waals surface area contributed by atoms with Crippen molar-refractivity contribution in [2.75, 3.05) is 18.9 Å². The third-order valence-corrected chi connectivity index (χ3v) is 4.26. The molecule has 1 aromatic carbocycles. The van der Waals surface area contributed by atoms with Crippen molar-refractivity contribution >= 4 is 17.6 Å².